The first kappa shape index (κ1) is 28.0. The van der Waals surface area contributed by atoms with Crippen molar-refractivity contribution in [2.75, 3.05) is 0 Å². The van der Waals surface area contributed by atoms with Gasteiger partial charge in [-0.3, -0.25) is 0 Å². The van der Waals surface area contributed by atoms with E-state index < -0.39 is 110 Å². The van der Waals surface area contributed by atoms with E-state index in [1.807, 2.05) is 0 Å². The molecule has 0 amide bonds. The van der Waals surface area contributed by atoms with Gasteiger partial charge in [-0.25, -0.2) is 65.9 Å². The second-order valence-corrected chi connectivity index (χ2v) is 6.38. The molecule has 0 unspecified atom stereocenters. The molecule has 0 atom stereocenters. The topological polar surface area (TPSA) is 0 Å². The normalized spacial score (nSPS) is 11.1. The van der Waals surface area contributed by atoms with E-state index in [1.54, 1.807) is 0 Å². The molecule has 0 saturated heterocycles. The third-order valence-corrected chi connectivity index (χ3v) is 4.60. The van der Waals surface area contributed by atoms with Crippen molar-refractivity contribution in [3.63, 3.8) is 0 Å². The summed E-state index contributed by atoms with van der Waals surface area (Å²) in [6.07, 6.45) is 0. The molecule has 0 bridgehead atoms. The fourth-order valence-corrected chi connectivity index (χ4v) is 3.06. The van der Waals surface area contributed by atoms with E-state index in [0.29, 0.717) is 0 Å². The zero-order chi connectivity index (χ0) is 26.0. The van der Waals surface area contributed by atoms with Crippen molar-refractivity contribution in [1.29, 1.82) is 0 Å². The van der Waals surface area contributed by atoms with Gasteiger partial charge in [0, 0.05) is 16.4 Å². The molecule has 35 heavy (non-hydrogen) atoms. The molecular weight excluding hydrogens is 523 g/mol. The fraction of sp³-hybridized carbons (Fsp3) is 0. The van der Waals surface area contributed by atoms with Crippen molar-refractivity contribution < 1.29 is 65.9 Å². The van der Waals surface area contributed by atoms with Crippen LogP contribution >= 0.6 is 0 Å². The van der Waals surface area contributed by atoms with Gasteiger partial charge < -0.3 is 0 Å². The summed E-state index contributed by atoms with van der Waals surface area (Å²) in [5, 5.41) is 0. The van der Waals surface area contributed by atoms with Crippen molar-refractivity contribution in [2.24, 2.45) is 0 Å². The van der Waals surface area contributed by atoms with Crippen LogP contribution in [0.5, 0.6) is 0 Å². The average Bonchev–Trinajstić information content (AvgIpc) is 2.81. The molecule has 17 heteroatoms. The summed E-state index contributed by atoms with van der Waals surface area (Å²) >= 11 is 0. The van der Waals surface area contributed by atoms with Crippen LogP contribution in [-0.4, -0.2) is 15.1 Å². The Labute approximate surface area is 185 Å². The Hall–Kier alpha value is -3.26. The molecule has 186 valence electrons. The van der Waals surface area contributed by atoms with Gasteiger partial charge in [0.2, 0.25) is 0 Å². The summed E-state index contributed by atoms with van der Waals surface area (Å²) in [7, 11) is 0. The summed E-state index contributed by atoms with van der Waals surface area (Å²) in [5.41, 5.74) is -8.03. The largest absolute Gasteiger partial charge is 0.265 e. The Bertz CT molecular complexity index is 1120. The Morgan fingerprint density at radius 1 is 0.229 bits per heavy atom. The third-order valence-electron chi connectivity index (χ3n) is 4.60. The predicted molar refractivity (Wildman–Crippen MR) is 93.3 cm³/mol. The molecule has 0 fully saturated rings. The quantitative estimate of drug-likeness (QED) is 0.213. The molecule has 3 aromatic carbocycles. The highest BCUT2D eigenvalue weighted by Crippen LogP contribution is 2.23. The van der Waals surface area contributed by atoms with Crippen molar-refractivity contribution in [3.8, 4) is 0 Å². The van der Waals surface area contributed by atoms with E-state index in [1.165, 1.54) is 0 Å². The van der Waals surface area contributed by atoms with Crippen LogP contribution in [0, 0.1) is 87.3 Å². The lowest BCUT2D eigenvalue weighted by Crippen LogP contribution is -2.60. The molecule has 0 heterocycles. The second-order valence-electron chi connectivity index (χ2n) is 6.38. The van der Waals surface area contributed by atoms with Gasteiger partial charge >= 0.3 is 0 Å². The van der Waals surface area contributed by atoms with Gasteiger partial charge in [0.1, 0.15) is 0 Å². The zero-order valence-corrected chi connectivity index (χ0v) is 15.2. The molecule has 0 aliphatic carbocycles. The Morgan fingerprint density at radius 2 is 0.343 bits per heavy atom. The van der Waals surface area contributed by atoms with Gasteiger partial charge in [0.15, 0.2) is 87.3 Å². The molecule has 3 aromatic rings. The maximum Gasteiger partial charge on any atom is 0.265 e. The monoisotopic (exact) mass is 526 g/mol. The van der Waals surface area contributed by atoms with Crippen LogP contribution in [0.1, 0.15) is 0 Å². The maximum absolute atomic E-state index is 14.4. The average molecular weight is 526 g/mol. The minimum atomic E-state index is -3.96. The van der Waals surface area contributed by atoms with E-state index in [-0.39, 0.29) is 8.41 Å². The lowest BCUT2D eigenvalue weighted by Gasteiger charge is -2.21. The molecule has 0 spiro atoms. The standard InChI is InChI=1S/C18BF15.BH3/c20-4-1(5(21)11(27)16(32)10(4)26)19(2-6(22)12(28)17(33)13(29)7(2)23)3-8(24)14(30)18(34)15(31)9(3)25;/h;1H3. The van der Waals surface area contributed by atoms with Crippen LogP contribution in [-0.2, 0) is 0 Å². The second kappa shape index (κ2) is 9.41. The molecule has 0 N–H and O–H groups in total. The van der Waals surface area contributed by atoms with Gasteiger partial charge in [-0.15, -0.1) is 0 Å². The van der Waals surface area contributed by atoms with E-state index in [4.69, 9.17) is 0 Å². The number of hydrogen-bond acceptors (Lipinski definition) is 0. The van der Waals surface area contributed by atoms with Gasteiger partial charge in [-0.1, -0.05) is 0 Å². The molecule has 0 aromatic heterocycles. The number of rotatable bonds is 3. The lowest BCUT2D eigenvalue weighted by molar-refractivity contribution is 0.380. The van der Waals surface area contributed by atoms with Gasteiger partial charge in [0.05, 0.1) is 8.41 Å². The summed E-state index contributed by atoms with van der Waals surface area (Å²) < 4.78 is 209. The number of halogens is 15. The maximum atomic E-state index is 14.4. The Balaban J connectivity index is 0.00000432. The van der Waals surface area contributed by atoms with Crippen LogP contribution in [0.4, 0.5) is 65.9 Å². The lowest BCUT2D eigenvalue weighted by atomic mass is 9.36. The fourth-order valence-electron chi connectivity index (χ4n) is 3.06. The van der Waals surface area contributed by atoms with Gasteiger partial charge in [-0.2, -0.15) is 0 Å². The van der Waals surface area contributed by atoms with Crippen LogP contribution in [0.25, 0.3) is 0 Å². The smallest absolute Gasteiger partial charge is 0.204 e. The molecule has 3 rings (SSSR count). The number of benzene rings is 3. The van der Waals surface area contributed by atoms with Gasteiger partial charge in [-0.05, 0) is 0 Å². The minimum Gasteiger partial charge on any atom is -0.204 e. The first-order chi connectivity index (χ1) is 15.7. The van der Waals surface area contributed by atoms with E-state index in [9.17, 15) is 65.9 Å². The van der Waals surface area contributed by atoms with Crippen LogP contribution < -0.4 is 16.4 Å². The van der Waals surface area contributed by atoms with Gasteiger partial charge in [0.25, 0.3) is 6.71 Å². The highest BCUT2D eigenvalue weighted by Gasteiger charge is 2.45. The molecule has 0 saturated carbocycles. The number of hydrogen-bond donors (Lipinski definition) is 0. The summed E-state index contributed by atoms with van der Waals surface area (Å²) in [6, 6.07) is 0. The third kappa shape index (κ3) is 3.89. The molecule has 0 aliphatic heterocycles. The summed E-state index contributed by atoms with van der Waals surface area (Å²) in [6.45, 7) is -3.96. The first-order valence-corrected chi connectivity index (χ1v) is 8.20. The summed E-state index contributed by atoms with van der Waals surface area (Å²) in [5.74, 6) is -45.2. The van der Waals surface area contributed by atoms with E-state index in [0.717, 1.165) is 0 Å². The van der Waals surface area contributed by atoms with Crippen molar-refractivity contribution >= 4 is 31.5 Å². The Morgan fingerprint density at radius 3 is 0.486 bits per heavy atom. The molecule has 0 nitrogen and oxygen atoms in total. The van der Waals surface area contributed by atoms with Crippen molar-refractivity contribution in [1.82, 2.24) is 0 Å². The van der Waals surface area contributed by atoms with Crippen LogP contribution in [0.2, 0.25) is 0 Å². The zero-order valence-electron chi connectivity index (χ0n) is 15.2. The van der Waals surface area contributed by atoms with E-state index in [2.05, 4.69) is 0 Å². The molecule has 0 radical (unpaired) electrons. The molecule has 0 aliphatic rings. The van der Waals surface area contributed by atoms with Crippen LogP contribution in [0.3, 0.4) is 0 Å². The van der Waals surface area contributed by atoms with E-state index >= 15 is 0 Å². The summed E-state index contributed by atoms with van der Waals surface area (Å²) in [4.78, 5) is 0. The molecular formula is C18H3B2F15. The highest BCUT2D eigenvalue weighted by molar-refractivity contribution is 6.95. The first-order valence-electron chi connectivity index (χ1n) is 8.20. The minimum absolute atomic E-state index is 0. The Kier molecular flexibility index (Phi) is 7.53. The van der Waals surface area contributed by atoms with Crippen molar-refractivity contribution in [2.45, 2.75) is 0 Å². The predicted octanol–water partition coefficient (Wildman–Crippen LogP) is 3.11. The van der Waals surface area contributed by atoms with Crippen molar-refractivity contribution in [3.05, 3.63) is 87.3 Å². The highest BCUT2D eigenvalue weighted by atomic mass is 19.2. The van der Waals surface area contributed by atoms with Crippen LogP contribution in [0.15, 0.2) is 0 Å². The SMILES string of the molecule is B.Fc1c(F)c(F)c(B(c2c(F)c(F)c(F)c(F)c2F)c2c(F)c(F)c(F)c(F)c2F)c(F)c1F.